The van der Waals surface area contributed by atoms with Crippen LogP contribution >= 0.6 is 0 Å². The van der Waals surface area contributed by atoms with Gasteiger partial charge in [-0.15, -0.1) is 0 Å². The maximum atomic E-state index is 12.2. The fourth-order valence-corrected chi connectivity index (χ4v) is 2.79. The van der Waals surface area contributed by atoms with E-state index in [-0.39, 0.29) is 24.5 Å². The number of carbonyl (C=O) groups excluding carboxylic acids is 2. The molecule has 8 nitrogen and oxygen atoms in total. The first kappa shape index (κ1) is 16.0. The van der Waals surface area contributed by atoms with Gasteiger partial charge in [-0.1, -0.05) is 6.07 Å². The summed E-state index contributed by atoms with van der Waals surface area (Å²) < 4.78 is 4.61. The number of anilines is 1. The number of hydrogen-bond donors (Lipinski definition) is 3. The van der Waals surface area contributed by atoms with Gasteiger partial charge < -0.3 is 10.1 Å². The number of aromatic amines is 1. The third-order valence-corrected chi connectivity index (χ3v) is 3.95. The Morgan fingerprint density at radius 1 is 1.42 bits per heavy atom. The number of ether oxygens (including phenoxy) is 1. The summed E-state index contributed by atoms with van der Waals surface area (Å²) in [5.74, 6) is 0.00706. The van der Waals surface area contributed by atoms with Crippen LogP contribution in [-0.4, -0.2) is 34.3 Å². The molecule has 24 heavy (non-hydrogen) atoms. The molecule has 1 unspecified atom stereocenters. The number of pyridine rings is 1. The molecule has 0 saturated heterocycles. The minimum absolute atomic E-state index is 0.0633. The van der Waals surface area contributed by atoms with Gasteiger partial charge in [0.25, 0.3) is 0 Å². The average molecular weight is 329 g/mol. The Labute approximate surface area is 139 Å². The molecule has 126 valence electrons. The van der Waals surface area contributed by atoms with Crippen LogP contribution < -0.4 is 10.6 Å². The average Bonchev–Trinajstić information content (AvgIpc) is 3.04. The van der Waals surface area contributed by atoms with Gasteiger partial charge in [0, 0.05) is 0 Å². The van der Waals surface area contributed by atoms with Crippen molar-refractivity contribution in [1.82, 2.24) is 20.5 Å². The molecule has 0 aromatic carbocycles. The predicted octanol–water partition coefficient (Wildman–Crippen LogP) is 1.72. The second-order valence-corrected chi connectivity index (χ2v) is 5.62. The Hall–Kier alpha value is -2.90. The zero-order chi connectivity index (χ0) is 16.9. The molecule has 0 bridgehead atoms. The molecule has 0 saturated carbocycles. The van der Waals surface area contributed by atoms with Crippen LogP contribution in [0.5, 0.6) is 0 Å². The van der Waals surface area contributed by atoms with E-state index in [1.807, 2.05) is 0 Å². The second kappa shape index (κ2) is 7.12. The molecule has 1 aliphatic carbocycles. The highest BCUT2D eigenvalue weighted by Gasteiger charge is 2.23. The van der Waals surface area contributed by atoms with Gasteiger partial charge in [0.15, 0.2) is 0 Å². The summed E-state index contributed by atoms with van der Waals surface area (Å²) in [6.07, 6.45) is 4.71. The lowest BCUT2D eigenvalue weighted by atomic mass is 9.94. The summed E-state index contributed by atoms with van der Waals surface area (Å²) in [5, 5.41) is 12.6. The van der Waals surface area contributed by atoms with E-state index in [2.05, 4.69) is 30.6 Å². The summed E-state index contributed by atoms with van der Waals surface area (Å²) >= 11 is 0. The SMILES string of the molecule is COC(=O)Cc1cccc(NC(=O)NC2CCCc3cn[nH]c32)n1. The maximum absolute atomic E-state index is 12.2. The molecule has 2 aromatic rings. The Morgan fingerprint density at radius 3 is 3.12 bits per heavy atom. The number of esters is 1. The maximum Gasteiger partial charge on any atom is 0.320 e. The van der Waals surface area contributed by atoms with Gasteiger partial charge in [0.2, 0.25) is 0 Å². The Bertz CT molecular complexity index is 743. The standard InChI is InChI=1S/C16H19N5O3/c1-24-14(22)8-11-5-3-7-13(18-11)20-16(23)19-12-6-2-4-10-9-17-21-15(10)12/h3,5,7,9,12H,2,4,6,8H2,1H3,(H,17,21)(H2,18,19,20,23). The lowest BCUT2D eigenvalue weighted by Gasteiger charge is -2.22. The summed E-state index contributed by atoms with van der Waals surface area (Å²) in [6.45, 7) is 0. The molecule has 2 aromatic heterocycles. The quantitative estimate of drug-likeness (QED) is 0.740. The van der Waals surface area contributed by atoms with Gasteiger partial charge in [-0.3, -0.25) is 15.2 Å². The lowest BCUT2D eigenvalue weighted by Crippen LogP contribution is -2.34. The van der Waals surface area contributed by atoms with Crippen molar-refractivity contribution in [1.29, 1.82) is 0 Å². The van der Waals surface area contributed by atoms with Crippen LogP contribution in [0.1, 0.15) is 35.8 Å². The molecule has 3 rings (SSSR count). The van der Waals surface area contributed by atoms with Gasteiger partial charge in [0.1, 0.15) is 5.82 Å². The predicted molar refractivity (Wildman–Crippen MR) is 86.4 cm³/mol. The Balaban J connectivity index is 1.62. The lowest BCUT2D eigenvalue weighted by molar-refractivity contribution is -0.139. The second-order valence-electron chi connectivity index (χ2n) is 5.62. The summed E-state index contributed by atoms with van der Waals surface area (Å²) in [5.41, 5.74) is 2.64. The smallest absolute Gasteiger partial charge is 0.320 e. The minimum atomic E-state index is -0.377. The molecule has 0 fully saturated rings. The number of H-pyrrole nitrogens is 1. The van der Waals surface area contributed by atoms with Crippen LogP contribution in [0, 0.1) is 0 Å². The van der Waals surface area contributed by atoms with Crippen molar-refractivity contribution < 1.29 is 14.3 Å². The van der Waals surface area contributed by atoms with Crippen molar-refractivity contribution in [2.75, 3.05) is 12.4 Å². The van der Waals surface area contributed by atoms with Gasteiger partial charge in [-0.2, -0.15) is 5.10 Å². The molecule has 0 radical (unpaired) electrons. The fourth-order valence-electron chi connectivity index (χ4n) is 2.79. The van der Waals surface area contributed by atoms with Gasteiger partial charge in [-0.25, -0.2) is 9.78 Å². The zero-order valence-corrected chi connectivity index (χ0v) is 13.3. The zero-order valence-electron chi connectivity index (χ0n) is 13.3. The molecule has 2 amide bonds. The number of urea groups is 1. The molecule has 1 aliphatic rings. The van der Waals surface area contributed by atoms with E-state index in [1.165, 1.54) is 7.11 Å². The van der Waals surface area contributed by atoms with Crippen molar-refractivity contribution in [3.05, 3.63) is 41.3 Å². The van der Waals surface area contributed by atoms with Crippen LogP contribution in [-0.2, 0) is 22.4 Å². The van der Waals surface area contributed by atoms with Crippen molar-refractivity contribution in [2.24, 2.45) is 0 Å². The van der Waals surface area contributed by atoms with Crippen LogP contribution in [0.15, 0.2) is 24.4 Å². The number of hydrogen-bond acceptors (Lipinski definition) is 5. The molecule has 0 spiro atoms. The van der Waals surface area contributed by atoms with E-state index in [1.54, 1.807) is 24.4 Å². The highest BCUT2D eigenvalue weighted by atomic mass is 16.5. The van der Waals surface area contributed by atoms with Crippen molar-refractivity contribution in [3.63, 3.8) is 0 Å². The number of carbonyl (C=O) groups is 2. The Kier molecular flexibility index (Phi) is 4.74. The van der Waals surface area contributed by atoms with E-state index in [0.717, 1.165) is 30.5 Å². The molecule has 3 N–H and O–H groups in total. The number of rotatable bonds is 4. The fraction of sp³-hybridized carbons (Fsp3) is 0.375. The van der Waals surface area contributed by atoms with Gasteiger partial charge in [0.05, 0.1) is 37.2 Å². The molecular formula is C16H19N5O3. The van der Waals surface area contributed by atoms with Crippen LogP contribution in [0.2, 0.25) is 0 Å². The van der Waals surface area contributed by atoms with Crippen molar-refractivity contribution >= 4 is 17.8 Å². The highest BCUT2D eigenvalue weighted by Crippen LogP contribution is 2.27. The van der Waals surface area contributed by atoms with Gasteiger partial charge >= 0.3 is 12.0 Å². The summed E-state index contributed by atoms with van der Waals surface area (Å²) in [7, 11) is 1.33. The summed E-state index contributed by atoms with van der Waals surface area (Å²) in [4.78, 5) is 27.7. The Morgan fingerprint density at radius 2 is 2.29 bits per heavy atom. The van der Waals surface area contributed by atoms with E-state index in [9.17, 15) is 9.59 Å². The molecule has 0 aliphatic heterocycles. The van der Waals surface area contributed by atoms with E-state index in [0.29, 0.717) is 11.5 Å². The minimum Gasteiger partial charge on any atom is -0.469 e. The van der Waals surface area contributed by atoms with E-state index in [4.69, 9.17) is 0 Å². The van der Waals surface area contributed by atoms with Crippen LogP contribution in [0.3, 0.4) is 0 Å². The van der Waals surface area contributed by atoms with Gasteiger partial charge in [-0.05, 0) is 37.0 Å². The number of methoxy groups -OCH3 is 1. The first-order chi connectivity index (χ1) is 11.7. The molecule has 1 atom stereocenters. The van der Waals surface area contributed by atoms with Crippen LogP contribution in [0.4, 0.5) is 10.6 Å². The van der Waals surface area contributed by atoms with E-state index < -0.39 is 0 Å². The number of aryl methyl sites for hydroxylation is 1. The molecule has 2 heterocycles. The summed E-state index contributed by atoms with van der Waals surface area (Å²) in [6, 6.07) is 4.68. The monoisotopic (exact) mass is 329 g/mol. The van der Waals surface area contributed by atoms with Crippen molar-refractivity contribution in [2.45, 2.75) is 31.7 Å². The first-order valence-corrected chi connectivity index (χ1v) is 7.78. The third-order valence-electron chi connectivity index (χ3n) is 3.95. The number of nitrogens with one attached hydrogen (secondary N) is 3. The normalized spacial score (nSPS) is 16.1. The number of fused-ring (bicyclic) bond motifs is 1. The van der Waals surface area contributed by atoms with E-state index >= 15 is 0 Å². The highest BCUT2D eigenvalue weighted by molar-refractivity contribution is 5.88. The molecular weight excluding hydrogens is 310 g/mol. The first-order valence-electron chi connectivity index (χ1n) is 7.78. The van der Waals surface area contributed by atoms with Crippen molar-refractivity contribution in [3.8, 4) is 0 Å². The third kappa shape index (κ3) is 3.70. The topological polar surface area (TPSA) is 109 Å². The number of nitrogens with zero attached hydrogens (tertiary/aromatic N) is 2. The van der Waals surface area contributed by atoms with Crippen LogP contribution in [0.25, 0.3) is 0 Å². The number of aromatic nitrogens is 3. The molecule has 8 heteroatoms. The number of amides is 2. The largest absolute Gasteiger partial charge is 0.469 e.